The van der Waals surface area contributed by atoms with Crippen molar-refractivity contribution in [2.45, 2.75) is 39.0 Å². The van der Waals surface area contributed by atoms with E-state index in [-0.39, 0.29) is 32.2 Å². The van der Waals surface area contributed by atoms with E-state index >= 15 is 0 Å². The number of fused-ring (bicyclic) bond motifs is 1. The number of aliphatic hydroxyl groups excluding tert-OH is 2. The molecule has 1 aliphatic heterocycles. The standard InChI is InChI=1S/C19H28N4O3S/c1-14-15-17(22-7-5-3-2-4-6-8-22)20-13-21-18(15)27-16(14)19(26)23(9-11-24)10-12-25/h13,24-25H,2-12H2,1H3. The Morgan fingerprint density at radius 1 is 1.11 bits per heavy atom. The molecule has 0 radical (unpaired) electrons. The minimum absolute atomic E-state index is 0.130. The van der Waals surface area contributed by atoms with Crippen LogP contribution in [0.2, 0.25) is 0 Å². The average molecular weight is 393 g/mol. The molecule has 8 heteroatoms. The molecule has 148 valence electrons. The number of nitrogens with zero attached hydrogens (tertiary/aromatic N) is 4. The Balaban J connectivity index is 1.97. The zero-order valence-corrected chi connectivity index (χ0v) is 16.7. The Kier molecular flexibility index (Phi) is 6.98. The SMILES string of the molecule is Cc1c(C(=O)N(CCO)CCO)sc2ncnc(N3CCCCCCC3)c12. The molecule has 3 heterocycles. The maximum absolute atomic E-state index is 13.0. The number of aromatic nitrogens is 2. The van der Waals surface area contributed by atoms with Gasteiger partial charge >= 0.3 is 0 Å². The van der Waals surface area contributed by atoms with Crippen LogP contribution in [0, 0.1) is 6.92 Å². The van der Waals surface area contributed by atoms with E-state index in [0.717, 1.165) is 47.5 Å². The molecule has 1 fully saturated rings. The van der Waals surface area contributed by atoms with E-state index in [1.165, 1.54) is 35.5 Å². The normalized spacial score (nSPS) is 15.6. The van der Waals surface area contributed by atoms with Gasteiger partial charge in [-0.3, -0.25) is 4.79 Å². The Morgan fingerprint density at radius 2 is 1.74 bits per heavy atom. The fraction of sp³-hybridized carbons (Fsp3) is 0.632. The van der Waals surface area contributed by atoms with E-state index in [4.69, 9.17) is 0 Å². The van der Waals surface area contributed by atoms with Gasteiger partial charge in [-0.2, -0.15) is 0 Å². The summed E-state index contributed by atoms with van der Waals surface area (Å²) in [6, 6.07) is 0. The van der Waals surface area contributed by atoms with Crippen LogP contribution in [-0.2, 0) is 0 Å². The first kappa shape index (κ1) is 20.0. The van der Waals surface area contributed by atoms with E-state index < -0.39 is 0 Å². The lowest BCUT2D eigenvalue weighted by atomic mass is 10.1. The number of hydrogen-bond donors (Lipinski definition) is 2. The van der Waals surface area contributed by atoms with Gasteiger partial charge in [-0.15, -0.1) is 11.3 Å². The molecule has 1 amide bonds. The third-order valence-corrected chi connectivity index (χ3v) is 6.27. The van der Waals surface area contributed by atoms with Gasteiger partial charge in [0.05, 0.1) is 23.5 Å². The first-order valence-corrected chi connectivity index (χ1v) is 10.5. The smallest absolute Gasteiger partial charge is 0.264 e. The van der Waals surface area contributed by atoms with Gasteiger partial charge in [0, 0.05) is 26.2 Å². The highest BCUT2D eigenvalue weighted by Gasteiger charge is 2.25. The average Bonchev–Trinajstić information content (AvgIpc) is 2.98. The molecule has 1 aliphatic rings. The van der Waals surface area contributed by atoms with Gasteiger partial charge in [0.1, 0.15) is 17.0 Å². The summed E-state index contributed by atoms with van der Waals surface area (Å²) in [4.78, 5) is 27.2. The third kappa shape index (κ3) is 4.39. The van der Waals surface area contributed by atoms with Crippen LogP contribution in [-0.4, -0.2) is 70.4 Å². The number of carbonyl (C=O) groups excluding carboxylic acids is 1. The molecule has 0 aromatic carbocycles. The van der Waals surface area contributed by atoms with Crippen LogP contribution in [0.1, 0.15) is 47.3 Å². The molecule has 7 nitrogen and oxygen atoms in total. The molecule has 2 N–H and O–H groups in total. The van der Waals surface area contributed by atoms with Gasteiger partial charge < -0.3 is 20.0 Å². The van der Waals surface area contributed by atoms with Crippen molar-refractivity contribution in [2.75, 3.05) is 44.3 Å². The summed E-state index contributed by atoms with van der Waals surface area (Å²) < 4.78 is 0. The largest absolute Gasteiger partial charge is 0.395 e. The summed E-state index contributed by atoms with van der Waals surface area (Å²) in [5.74, 6) is 0.753. The summed E-state index contributed by atoms with van der Waals surface area (Å²) in [5, 5.41) is 19.4. The molecule has 1 saturated heterocycles. The molecule has 0 saturated carbocycles. The number of aryl methyl sites for hydroxylation is 1. The quantitative estimate of drug-likeness (QED) is 0.783. The first-order valence-electron chi connectivity index (χ1n) is 9.67. The van der Waals surface area contributed by atoms with Gasteiger partial charge in [0.15, 0.2) is 0 Å². The third-order valence-electron chi connectivity index (χ3n) is 5.08. The summed E-state index contributed by atoms with van der Waals surface area (Å²) in [6.45, 7) is 4.05. The number of rotatable bonds is 6. The summed E-state index contributed by atoms with van der Waals surface area (Å²) in [6.07, 6.45) is 7.68. The van der Waals surface area contributed by atoms with Crippen molar-refractivity contribution in [1.82, 2.24) is 14.9 Å². The molecule has 2 aromatic rings. The maximum Gasteiger partial charge on any atom is 0.264 e. The topological polar surface area (TPSA) is 89.8 Å². The number of thiophene rings is 1. The monoisotopic (exact) mass is 392 g/mol. The van der Waals surface area contributed by atoms with Crippen LogP contribution < -0.4 is 4.90 Å². The second kappa shape index (κ2) is 9.43. The summed E-state index contributed by atoms with van der Waals surface area (Å²) >= 11 is 1.37. The van der Waals surface area contributed by atoms with Crippen molar-refractivity contribution in [3.8, 4) is 0 Å². The molecule has 2 aromatic heterocycles. The summed E-state index contributed by atoms with van der Waals surface area (Å²) in [5.41, 5.74) is 0.888. The highest BCUT2D eigenvalue weighted by atomic mass is 32.1. The Labute approximate surface area is 163 Å². The second-order valence-electron chi connectivity index (χ2n) is 6.93. The predicted octanol–water partition coefficient (Wildman–Crippen LogP) is 2.20. The van der Waals surface area contributed by atoms with Crippen molar-refractivity contribution >= 4 is 33.3 Å². The van der Waals surface area contributed by atoms with Gasteiger partial charge in [0.25, 0.3) is 5.91 Å². The van der Waals surface area contributed by atoms with Crippen molar-refractivity contribution in [3.63, 3.8) is 0 Å². The van der Waals surface area contributed by atoms with Crippen LogP contribution in [0.3, 0.4) is 0 Å². The highest BCUT2D eigenvalue weighted by Crippen LogP contribution is 2.36. The Hall–Kier alpha value is -1.77. The van der Waals surface area contributed by atoms with Crippen LogP contribution in [0.5, 0.6) is 0 Å². The molecule has 0 atom stereocenters. The summed E-state index contributed by atoms with van der Waals surface area (Å²) in [7, 11) is 0. The molecular formula is C19H28N4O3S. The first-order chi connectivity index (χ1) is 13.2. The van der Waals surface area contributed by atoms with Crippen molar-refractivity contribution in [1.29, 1.82) is 0 Å². The molecule has 0 aliphatic carbocycles. The van der Waals surface area contributed by atoms with Crippen LogP contribution in [0.15, 0.2) is 6.33 Å². The lowest BCUT2D eigenvalue weighted by Gasteiger charge is -2.26. The van der Waals surface area contributed by atoms with Crippen molar-refractivity contribution < 1.29 is 15.0 Å². The molecule has 3 rings (SSSR count). The second-order valence-corrected chi connectivity index (χ2v) is 7.93. The van der Waals surface area contributed by atoms with E-state index in [2.05, 4.69) is 14.9 Å². The molecule has 0 spiro atoms. The predicted molar refractivity (Wildman–Crippen MR) is 108 cm³/mol. The minimum atomic E-state index is -0.169. The lowest BCUT2D eigenvalue weighted by molar-refractivity contribution is 0.0689. The van der Waals surface area contributed by atoms with Crippen molar-refractivity contribution in [2.24, 2.45) is 0 Å². The van der Waals surface area contributed by atoms with Crippen LogP contribution in [0.25, 0.3) is 10.2 Å². The highest BCUT2D eigenvalue weighted by molar-refractivity contribution is 7.20. The number of anilines is 1. The molecule has 0 bridgehead atoms. The van der Waals surface area contributed by atoms with E-state index in [1.807, 2.05) is 6.92 Å². The van der Waals surface area contributed by atoms with E-state index in [9.17, 15) is 15.0 Å². The zero-order chi connectivity index (χ0) is 19.2. The molecular weight excluding hydrogens is 364 g/mol. The number of aliphatic hydroxyl groups is 2. The van der Waals surface area contributed by atoms with Crippen molar-refractivity contribution in [3.05, 3.63) is 16.8 Å². The van der Waals surface area contributed by atoms with Crippen LogP contribution >= 0.6 is 11.3 Å². The lowest BCUT2D eigenvalue weighted by Crippen LogP contribution is -2.35. The minimum Gasteiger partial charge on any atom is -0.395 e. The number of hydrogen-bond acceptors (Lipinski definition) is 7. The Morgan fingerprint density at radius 3 is 2.37 bits per heavy atom. The molecule has 27 heavy (non-hydrogen) atoms. The van der Waals surface area contributed by atoms with Gasteiger partial charge in [0.2, 0.25) is 0 Å². The number of amides is 1. The van der Waals surface area contributed by atoms with Crippen LogP contribution in [0.4, 0.5) is 5.82 Å². The van der Waals surface area contributed by atoms with E-state index in [0.29, 0.717) is 4.88 Å². The zero-order valence-electron chi connectivity index (χ0n) is 15.9. The van der Waals surface area contributed by atoms with Gasteiger partial charge in [-0.05, 0) is 25.3 Å². The van der Waals surface area contributed by atoms with Gasteiger partial charge in [-0.25, -0.2) is 9.97 Å². The molecule has 0 unspecified atom stereocenters. The fourth-order valence-corrected chi connectivity index (χ4v) is 4.77. The maximum atomic E-state index is 13.0. The Bertz CT molecular complexity index is 766. The fourth-order valence-electron chi connectivity index (χ4n) is 3.66. The van der Waals surface area contributed by atoms with Gasteiger partial charge in [-0.1, -0.05) is 19.3 Å². The van der Waals surface area contributed by atoms with E-state index in [1.54, 1.807) is 6.33 Å². The number of carbonyl (C=O) groups is 1.